The molecule has 2 aliphatic carbocycles. The van der Waals surface area contributed by atoms with Crippen molar-refractivity contribution in [3.05, 3.63) is 180 Å². The number of hydrogen-bond acceptors (Lipinski definition) is 5. The van der Waals surface area contributed by atoms with Gasteiger partial charge in [0.05, 0.1) is 6.04 Å². The van der Waals surface area contributed by atoms with Gasteiger partial charge in [-0.1, -0.05) is 135 Å². The number of para-hydroxylation sites is 2. The van der Waals surface area contributed by atoms with Gasteiger partial charge in [-0.25, -0.2) is 15.0 Å². The highest BCUT2D eigenvalue weighted by Gasteiger charge is 2.43. The maximum Gasteiger partial charge on any atom is 0.164 e. The summed E-state index contributed by atoms with van der Waals surface area (Å²) in [5.74, 6) is 2.95. The van der Waals surface area contributed by atoms with E-state index in [1.54, 1.807) is 0 Å². The van der Waals surface area contributed by atoms with E-state index in [1.807, 2.05) is 18.2 Å². The van der Waals surface area contributed by atoms with Crippen LogP contribution in [0.15, 0.2) is 156 Å². The SMILES string of the molecule is CC1(C)c2ccccc2-c2ccc(-c3nc(-c4ccccc4)nc(-c4ccc5c6c(oc5c4)C=CC4C6c5ccccc5N4c4ccccc4)n3)cc21. The molecule has 3 aliphatic rings. The minimum Gasteiger partial charge on any atom is -0.456 e. The van der Waals surface area contributed by atoms with Crippen LogP contribution in [-0.4, -0.2) is 21.0 Å². The number of anilines is 2. The topological polar surface area (TPSA) is 55.1 Å². The molecule has 5 heteroatoms. The molecule has 2 aromatic heterocycles. The first-order valence-electron chi connectivity index (χ1n) is 18.3. The van der Waals surface area contributed by atoms with Crippen molar-refractivity contribution in [3.8, 4) is 45.3 Å². The predicted octanol–water partition coefficient (Wildman–Crippen LogP) is 11.6. The highest BCUT2D eigenvalue weighted by molar-refractivity contribution is 5.92. The summed E-state index contributed by atoms with van der Waals surface area (Å²) >= 11 is 0. The zero-order chi connectivity index (χ0) is 35.3. The van der Waals surface area contributed by atoms with Crippen LogP contribution < -0.4 is 4.90 Å². The van der Waals surface area contributed by atoms with Crippen molar-refractivity contribution in [1.29, 1.82) is 0 Å². The van der Waals surface area contributed by atoms with E-state index in [1.165, 1.54) is 44.8 Å². The van der Waals surface area contributed by atoms with Gasteiger partial charge in [-0.2, -0.15) is 0 Å². The van der Waals surface area contributed by atoms with Crippen molar-refractivity contribution >= 4 is 28.4 Å². The second-order valence-corrected chi connectivity index (χ2v) is 14.8. The highest BCUT2D eigenvalue weighted by atomic mass is 16.3. The molecular weight excluding hydrogens is 649 g/mol. The molecule has 2 unspecified atom stereocenters. The van der Waals surface area contributed by atoms with Crippen LogP contribution in [0.2, 0.25) is 0 Å². The zero-order valence-corrected chi connectivity index (χ0v) is 29.4. The average Bonchev–Trinajstić information content (AvgIpc) is 3.83. The highest BCUT2D eigenvalue weighted by Crippen LogP contribution is 2.54. The first kappa shape index (κ1) is 30.1. The molecule has 0 spiro atoms. The Balaban J connectivity index is 1.04. The first-order valence-corrected chi connectivity index (χ1v) is 18.3. The molecule has 3 heterocycles. The largest absolute Gasteiger partial charge is 0.456 e. The number of aromatic nitrogens is 3. The summed E-state index contributed by atoms with van der Waals surface area (Å²) in [6.07, 6.45) is 4.45. The minimum atomic E-state index is -0.130. The van der Waals surface area contributed by atoms with Gasteiger partial charge in [-0.3, -0.25) is 0 Å². The molecule has 6 aromatic carbocycles. The van der Waals surface area contributed by atoms with Crippen LogP contribution >= 0.6 is 0 Å². The second-order valence-electron chi connectivity index (χ2n) is 14.8. The molecule has 1 aliphatic heterocycles. The molecule has 0 amide bonds. The molecule has 0 fully saturated rings. The first-order chi connectivity index (χ1) is 26.0. The standard InChI is InChI=1S/C48H34N4O/c1-48(2)37-19-11-9-17-33(37)34-23-21-30(27-38(34)48)46-49-45(29-13-5-3-6-14-29)50-47(51-46)31-22-24-36-42(28-31)53-41-26-25-40-43(44(36)41)35-18-10-12-20-39(35)52(40)32-15-7-4-8-16-32/h3-28,40,43H,1-2H3. The molecular formula is C48H34N4O. The van der Waals surface area contributed by atoms with Crippen LogP contribution in [0.4, 0.5) is 11.4 Å². The molecule has 2 atom stereocenters. The third-order valence-electron chi connectivity index (χ3n) is 11.5. The van der Waals surface area contributed by atoms with E-state index in [4.69, 9.17) is 19.4 Å². The van der Waals surface area contributed by atoms with E-state index in [0.29, 0.717) is 17.5 Å². The summed E-state index contributed by atoms with van der Waals surface area (Å²) in [5, 5.41) is 1.12. The summed E-state index contributed by atoms with van der Waals surface area (Å²) in [7, 11) is 0. The van der Waals surface area contributed by atoms with Gasteiger partial charge in [0.25, 0.3) is 0 Å². The van der Waals surface area contributed by atoms with Crippen molar-refractivity contribution in [3.63, 3.8) is 0 Å². The fourth-order valence-electron chi connectivity index (χ4n) is 8.99. The Bertz CT molecular complexity index is 2780. The number of hydrogen-bond donors (Lipinski definition) is 0. The fourth-order valence-corrected chi connectivity index (χ4v) is 8.99. The van der Waals surface area contributed by atoms with E-state index in [-0.39, 0.29) is 17.4 Å². The van der Waals surface area contributed by atoms with E-state index in [0.717, 1.165) is 33.4 Å². The maximum atomic E-state index is 6.67. The number of nitrogens with zero attached hydrogens (tertiary/aromatic N) is 4. The lowest BCUT2D eigenvalue weighted by Gasteiger charge is -2.30. The van der Waals surface area contributed by atoms with Crippen molar-refractivity contribution in [2.75, 3.05) is 4.90 Å². The lowest BCUT2D eigenvalue weighted by Crippen LogP contribution is -2.30. The van der Waals surface area contributed by atoms with Crippen LogP contribution in [0, 0.1) is 0 Å². The minimum absolute atomic E-state index is 0.130. The van der Waals surface area contributed by atoms with Gasteiger partial charge in [-0.05, 0) is 64.2 Å². The number of benzene rings is 6. The van der Waals surface area contributed by atoms with E-state index in [9.17, 15) is 0 Å². The third-order valence-corrected chi connectivity index (χ3v) is 11.5. The number of rotatable bonds is 4. The molecule has 53 heavy (non-hydrogen) atoms. The Labute approximate surface area is 308 Å². The van der Waals surface area contributed by atoms with Gasteiger partial charge >= 0.3 is 0 Å². The van der Waals surface area contributed by atoms with E-state index in [2.05, 4.69) is 158 Å². The van der Waals surface area contributed by atoms with Gasteiger partial charge in [0.1, 0.15) is 11.3 Å². The Hall–Kier alpha value is -6.59. The number of furan rings is 1. The monoisotopic (exact) mass is 682 g/mol. The summed E-state index contributed by atoms with van der Waals surface area (Å²) < 4.78 is 6.67. The van der Waals surface area contributed by atoms with Crippen molar-refractivity contribution in [1.82, 2.24) is 15.0 Å². The fraction of sp³-hybridized carbons (Fsp3) is 0.104. The molecule has 252 valence electrons. The van der Waals surface area contributed by atoms with Crippen LogP contribution in [-0.2, 0) is 5.41 Å². The summed E-state index contributed by atoms with van der Waals surface area (Å²) in [6.45, 7) is 4.60. The molecule has 0 N–H and O–H groups in total. The van der Waals surface area contributed by atoms with Crippen LogP contribution in [0.5, 0.6) is 0 Å². The Morgan fingerprint density at radius 2 is 1.23 bits per heavy atom. The quantitative estimate of drug-likeness (QED) is 0.185. The predicted molar refractivity (Wildman–Crippen MR) is 213 cm³/mol. The molecule has 0 saturated carbocycles. The van der Waals surface area contributed by atoms with Crippen molar-refractivity contribution in [2.45, 2.75) is 31.2 Å². The van der Waals surface area contributed by atoms with Gasteiger partial charge < -0.3 is 9.32 Å². The molecule has 0 bridgehead atoms. The van der Waals surface area contributed by atoms with E-state index < -0.39 is 0 Å². The summed E-state index contributed by atoms with van der Waals surface area (Å²) in [4.78, 5) is 17.7. The van der Waals surface area contributed by atoms with Crippen molar-refractivity contribution < 1.29 is 4.42 Å². The average molecular weight is 683 g/mol. The molecule has 0 radical (unpaired) electrons. The van der Waals surface area contributed by atoms with Crippen LogP contribution in [0.1, 0.15) is 47.8 Å². The van der Waals surface area contributed by atoms with Crippen LogP contribution in [0.25, 0.3) is 62.3 Å². The molecule has 0 saturated heterocycles. The number of fused-ring (bicyclic) bond motifs is 10. The summed E-state index contributed by atoms with van der Waals surface area (Å²) in [6, 6.07) is 51.5. The Morgan fingerprint density at radius 3 is 2.04 bits per heavy atom. The third kappa shape index (κ3) is 4.47. The normalized spacial score (nSPS) is 17.3. The zero-order valence-electron chi connectivity index (χ0n) is 29.4. The van der Waals surface area contributed by atoms with E-state index >= 15 is 0 Å². The Kier molecular flexibility index (Phi) is 6.36. The molecule has 11 rings (SSSR count). The lowest BCUT2D eigenvalue weighted by molar-refractivity contribution is 0.584. The van der Waals surface area contributed by atoms with Crippen molar-refractivity contribution in [2.24, 2.45) is 0 Å². The second kappa shape index (κ2) is 11.2. The van der Waals surface area contributed by atoms with Gasteiger partial charge in [0.15, 0.2) is 17.5 Å². The smallest absolute Gasteiger partial charge is 0.164 e. The lowest BCUT2D eigenvalue weighted by atomic mass is 9.82. The van der Waals surface area contributed by atoms with Crippen LogP contribution in [0.3, 0.4) is 0 Å². The van der Waals surface area contributed by atoms with Gasteiger partial charge in [0.2, 0.25) is 0 Å². The van der Waals surface area contributed by atoms with Gasteiger partial charge in [0, 0.05) is 50.3 Å². The molecule has 5 nitrogen and oxygen atoms in total. The summed E-state index contributed by atoms with van der Waals surface area (Å²) in [5.41, 5.74) is 13.7. The van der Waals surface area contributed by atoms with Gasteiger partial charge in [-0.15, -0.1) is 0 Å². The molecule has 8 aromatic rings. The maximum absolute atomic E-state index is 6.67. The Morgan fingerprint density at radius 1 is 0.585 bits per heavy atom.